The van der Waals surface area contributed by atoms with Crippen molar-refractivity contribution < 1.29 is 4.79 Å². The summed E-state index contributed by atoms with van der Waals surface area (Å²) in [6.07, 6.45) is 3.70. The zero-order valence-corrected chi connectivity index (χ0v) is 10.1. The first-order valence-electron chi connectivity index (χ1n) is 5.05. The molecule has 1 aliphatic rings. The Bertz CT molecular complexity index is 224. The molecule has 1 heterocycles. The molecule has 0 aromatic rings. The van der Waals surface area contributed by atoms with Gasteiger partial charge >= 0.3 is 0 Å². The van der Waals surface area contributed by atoms with Crippen molar-refractivity contribution in [2.24, 2.45) is 5.41 Å². The van der Waals surface area contributed by atoms with Crippen LogP contribution in [-0.4, -0.2) is 35.4 Å². The molecule has 0 atom stereocenters. The van der Waals surface area contributed by atoms with Gasteiger partial charge in [0.15, 0.2) is 0 Å². The van der Waals surface area contributed by atoms with E-state index >= 15 is 0 Å². The number of thioether (sulfide) groups is 1. The van der Waals surface area contributed by atoms with E-state index in [9.17, 15) is 4.79 Å². The lowest BCUT2D eigenvalue weighted by Crippen LogP contribution is -2.36. The fourth-order valence-electron chi connectivity index (χ4n) is 1.21. The molecule has 0 N–H and O–H groups in total. The van der Waals surface area contributed by atoms with Crippen LogP contribution in [0.2, 0.25) is 0 Å². The van der Waals surface area contributed by atoms with E-state index in [1.807, 2.05) is 22.7 Å². The number of hydrogen-bond acceptors (Lipinski definition) is 2. The molecule has 0 aromatic carbocycles. The van der Waals surface area contributed by atoms with Crippen LogP contribution < -0.4 is 0 Å². The maximum atomic E-state index is 11.7. The summed E-state index contributed by atoms with van der Waals surface area (Å²) in [6, 6.07) is 0. The summed E-state index contributed by atoms with van der Waals surface area (Å²) in [5.74, 6) is 2.32. The predicted octanol–water partition coefficient (Wildman–Crippen LogP) is 2.16. The Morgan fingerprint density at radius 1 is 1.29 bits per heavy atom. The van der Waals surface area contributed by atoms with Gasteiger partial charge in [0.1, 0.15) is 0 Å². The fourth-order valence-corrected chi connectivity index (χ4v) is 2.11. The minimum atomic E-state index is 0.0974. The van der Waals surface area contributed by atoms with Crippen molar-refractivity contribution in [1.29, 1.82) is 0 Å². The highest BCUT2D eigenvalue weighted by atomic mass is 32.2. The lowest BCUT2D eigenvalue weighted by Gasteiger charge is -2.25. The van der Waals surface area contributed by atoms with Crippen LogP contribution in [0.15, 0.2) is 12.2 Å². The van der Waals surface area contributed by atoms with Gasteiger partial charge in [-0.1, -0.05) is 26.8 Å². The Hall–Kier alpha value is -0.440. The zero-order chi connectivity index (χ0) is 10.6. The Labute approximate surface area is 90.7 Å². The van der Waals surface area contributed by atoms with Gasteiger partial charge in [-0.15, -0.1) is 0 Å². The van der Waals surface area contributed by atoms with Crippen LogP contribution in [0.1, 0.15) is 20.8 Å². The molecule has 2 nitrogen and oxygen atoms in total. The molecule has 1 aliphatic heterocycles. The SMILES string of the molecule is CC(C)(C)/C=C/C(=O)N1CCSCC1. The van der Waals surface area contributed by atoms with Crippen molar-refractivity contribution in [2.45, 2.75) is 20.8 Å². The lowest BCUT2D eigenvalue weighted by atomic mass is 9.96. The number of nitrogens with zero attached hydrogens (tertiary/aromatic N) is 1. The van der Waals surface area contributed by atoms with E-state index in [1.165, 1.54) is 0 Å². The number of allylic oxidation sites excluding steroid dienone is 1. The van der Waals surface area contributed by atoms with E-state index in [0.29, 0.717) is 0 Å². The van der Waals surface area contributed by atoms with Crippen LogP contribution in [-0.2, 0) is 4.79 Å². The van der Waals surface area contributed by atoms with Crippen molar-refractivity contribution in [3.8, 4) is 0 Å². The molecule has 1 rings (SSSR count). The molecule has 0 saturated carbocycles. The van der Waals surface area contributed by atoms with E-state index < -0.39 is 0 Å². The normalized spacial score (nSPS) is 18.9. The molecule has 3 heteroatoms. The maximum absolute atomic E-state index is 11.7. The molecule has 80 valence electrons. The summed E-state index contributed by atoms with van der Waals surface area (Å²) < 4.78 is 0. The average Bonchev–Trinajstić information content (AvgIpc) is 2.14. The van der Waals surface area contributed by atoms with E-state index in [1.54, 1.807) is 6.08 Å². The Kier molecular flexibility index (Phi) is 4.05. The molecule has 1 fully saturated rings. The largest absolute Gasteiger partial charge is 0.338 e. The number of carbonyl (C=O) groups excluding carboxylic acids is 1. The van der Waals surface area contributed by atoms with Gasteiger partial charge < -0.3 is 4.90 Å². The van der Waals surface area contributed by atoms with Gasteiger partial charge in [0.2, 0.25) is 5.91 Å². The molecule has 1 saturated heterocycles. The van der Waals surface area contributed by atoms with Crippen LogP contribution in [0.3, 0.4) is 0 Å². The summed E-state index contributed by atoms with van der Waals surface area (Å²) in [6.45, 7) is 8.10. The van der Waals surface area contributed by atoms with Crippen LogP contribution in [0.5, 0.6) is 0 Å². The minimum absolute atomic E-state index is 0.0974. The van der Waals surface area contributed by atoms with Crippen molar-refractivity contribution in [3.63, 3.8) is 0 Å². The molecule has 0 radical (unpaired) electrons. The molecular weight excluding hydrogens is 194 g/mol. The van der Waals surface area contributed by atoms with E-state index in [-0.39, 0.29) is 11.3 Å². The van der Waals surface area contributed by atoms with E-state index in [4.69, 9.17) is 0 Å². The molecule has 14 heavy (non-hydrogen) atoms. The molecule has 0 spiro atoms. The number of carbonyl (C=O) groups is 1. The van der Waals surface area contributed by atoms with Crippen molar-refractivity contribution in [1.82, 2.24) is 4.90 Å². The van der Waals surface area contributed by atoms with Gasteiger partial charge in [0.05, 0.1) is 0 Å². The first kappa shape index (κ1) is 11.6. The van der Waals surface area contributed by atoms with Crippen LogP contribution in [0.4, 0.5) is 0 Å². The van der Waals surface area contributed by atoms with E-state index in [0.717, 1.165) is 24.6 Å². The van der Waals surface area contributed by atoms with Crippen LogP contribution >= 0.6 is 11.8 Å². The summed E-state index contributed by atoms with van der Waals surface area (Å²) in [5.41, 5.74) is 0.0974. The highest BCUT2D eigenvalue weighted by molar-refractivity contribution is 7.99. The molecule has 0 bridgehead atoms. The molecule has 0 unspecified atom stereocenters. The summed E-state index contributed by atoms with van der Waals surface area (Å²) in [7, 11) is 0. The second kappa shape index (κ2) is 4.87. The van der Waals surface area contributed by atoms with Gasteiger partial charge in [-0.25, -0.2) is 0 Å². The van der Waals surface area contributed by atoms with Gasteiger partial charge in [-0.3, -0.25) is 4.79 Å². The number of rotatable bonds is 1. The van der Waals surface area contributed by atoms with Crippen LogP contribution in [0, 0.1) is 5.41 Å². The molecule has 0 aromatic heterocycles. The van der Waals surface area contributed by atoms with Gasteiger partial charge in [0.25, 0.3) is 0 Å². The Morgan fingerprint density at radius 3 is 2.36 bits per heavy atom. The third-order valence-electron chi connectivity index (χ3n) is 2.05. The number of amides is 1. The average molecular weight is 213 g/mol. The second-order valence-corrected chi connectivity index (χ2v) is 5.86. The molecule has 0 aliphatic carbocycles. The van der Waals surface area contributed by atoms with Gasteiger partial charge in [-0.2, -0.15) is 11.8 Å². The van der Waals surface area contributed by atoms with Crippen LogP contribution in [0.25, 0.3) is 0 Å². The quantitative estimate of drug-likeness (QED) is 0.622. The van der Waals surface area contributed by atoms with Gasteiger partial charge in [0, 0.05) is 24.6 Å². The standard InChI is InChI=1S/C11H19NOS/c1-11(2,3)5-4-10(13)12-6-8-14-9-7-12/h4-5H,6-9H2,1-3H3/b5-4+. The van der Waals surface area contributed by atoms with E-state index in [2.05, 4.69) is 20.8 Å². The molecule has 1 amide bonds. The minimum Gasteiger partial charge on any atom is -0.338 e. The summed E-state index contributed by atoms with van der Waals surface area (Å²) in [5, 5.41) is 0. The highest BCUT2D eigenvalue weighted by Crippen LogP contribution is 2.15. The highest BCUT2D eigenvalue weighted by Gasteiger charge is 2.14. The van der Waals surface area contributed by atoms with Gasteiger partial charge in [-0.05, 0) is 11.5 Å². The Morgan fingerprint density at radius 2 is 1.86 bits per heavy atom. The maximum Gasteiger partial charge on any atom is 0.246 e. The second-order valence-electron chi connectivity index (χ2n) is 4.64. The van der Waals surface area contributed by atoms with Crippen molar-refractivity contribution >= 4 is 17.7 Å². The van der Waals surface area contributed by atoms with Crippen molar-refractivity contribution in [2.75, 3.05) is 24.6 Å². The molecular formula is C11H19NOS. The summed E-state index contributed by atoms with van der Waals surface area (Å²) in [4.78, 5) is 13.6. The predicted molar refractivity (Wildman–Crippen MR) is 62.5 cm³/mol. The zero-order valence-electron chi connectivity index (χ0n) is 9.25. The first-order valence-corrected chi connectivity index (χ1v) is 6.20. The smallest absolute Gasteiger partial charge is 0.246 e. The Balaban J connectivity index is 2.44. The monoisotopic (exact) mass is 213 g/mol. The third-order valence-corrected chi connectivity index (χ3v) is 2.99. The van der Waals surface area contributed by atoms with Crippen molar-refractivity contribution in [3.05, 3.63) is 12.2 Å². The summed E-state index contributed by atoms with van der Waals surface area (Å²) >= 11 is 1.92. The lowest BCUT2D eigenvalue weighted by molar-refractivity contribution is -0.125. The topological polar surface area (TPSA) is 20.3 Å². The fraction of sp³-hybridized carbons (Fsp3) is 0.727. The number of hydrogen-bond donors (Lipinski definition) is 0. The third kappa shape index (κ3) is 4.18. The first-order chi connectivity index (χ1) is 6.49.